The van der Waals surface area contributed by atoms with Crippen LogP contribution in [0.5, 0.6) is 0 Å². The van der Waals surface area contributed by atoms with Crippen LogP contribution in [-0.2, 0) is 20.9 Å². The summed E-state index contributed by atoms with van der Waals surface area (Å²) in [6.07, 6.45) is 5.28. The van der Waals surface area contributed by atoms with E-state index >= 15 is 0 Å². The standard InChI is InChI=1S/C18H25NO3/c1-14-8-6-7-11-16(14)12-19(13-17(20)22-2)18(21)15-9-4-3-5-10-15/h6-8,11,15H,3-5,9-10,12-13H2,1-2H3. The first-order valence-electron chi connectivity index (χ1n) is 8.02. The van der Waals surface area contributed by atoms with E-state index in [0.29, 0.717) is 6.54 Å². The van der Waals surface area contributed by atoms with Crippen molar-refractivity contribution in [1.82, 2.24) is 4.90 Å². The highest BCUT2D eigenvalue weighted by molar-refractivity contribution is 5.83. The Labute approximate surface area is 132 Å². The van der Waals surface area contributed by atoms with Crippen molar-refractivity contribution in [3.8, 4) is 0 Å². The molecule has 4 nitrogen and oxygen atoms in total. The van der Waals surface area contributed by atoms with E-state index in [0.717, 1.165) is 36.8 Å². The number of carbonyl (C=O) groups is 2. The molecule has 0 unspecified atom stereocenters. The Morgan fingerprint density at radius 3 is 2.50 bits per heavy atom. The summed E-state index contributed by atoms with van der Waals surface area (Å²) in [7, 11) is 1.36. The van der Waals surface area contributed by atoms with Gasteiger partial charge >= 0.3 is 5.97 Å². The number of benzene rings is 1. The van der Waals surface area contributed by atoms with Crippen LogP contribution in [0.1, 0.15) is 43.2 Å². The normalized spacial score (nSPS) is 15.4. The second-order valence-corrected chi connectivity index (χ2v) is 6.03. The summed E-state index contributed by atoms with van der Waals surface area (Å²) in [5.41, 5.74) is 2.21. The Balaban J connectivity index is 2.12. The maximum absolute atomic E-state index is 12.8. The van der Waals surface area contributed by atoms with Gasteiger partial charge in [0.2, 0.25) is 5.91 Å². The van der Waals surface area contributed by atoms with Crippen LogP contribution in [0.25, 0.3) is 0 Å². The number of nitrogens with zero attached hydrogens (tertiary/aromatic N) is 1. The number of esters is 1. The zero-order valence-corrected chi connectivity index (χ0v) is 13.5. The van der Waals surface area contributed by atoms with E-state index in [1.807, 2.05) is 31.2 Å². The van der Waals surface area contributed by atoms with Gasteiger partial charge in [-0.1, -0.05) is 43.5 Å². The van der Waals surface area contributed by atoms with Crippen molar-refractivity contribution in [3.05, 3.63) is 35.4 Å². The Morgan fingerprint density at radius 2 is 1.86 bits per heavy atom. The molecule has 0 spiro atoms. The quantitative estimate of drug-likeness (QED) is 0.785. The van der Waals surface area contributed by atoms with E-state index < -0.39 is 0 Å². The predicted octanol–water partition coefficient (Wildman–Crippen LogP) is 3.08. The summed E-state index contributed by atoms with van der Waals surface area (Å²) >= 11 is 0. The first kappa shape index (κ1) is 16.5. The minimum Gasteiger partial charge on any atom is -0.468 e. The molecule has 1 aliphatic carbocycles. The van der Waals surface area contributed by atoms with E-state index in [2.05, 4.69) is 0 Å². The van der Waals surface area contributed by atoms with Gasteiger partial charge < -0.3 is 9.64 Å². The molecule has 1 aromatic rings. The Hall–Kier alpha value is -1.84. The topological polar surface area (TPSA) is 46.6 Å². The molecule has 2 rings (SSSR count). The molecular weight excluding hydrogens is 278 g/mol. The number of amides is 1. The Kier molecular flexibility index (Phi) is 5.99. The highest BCUT2D eigenvalue weighted by atomic mass is 16.5. The summed E-state index contributed by atoms with van der Waals surface area (Å²) in [4.78, 5) is 26.1. The van der Waals surface area contributed by atoms with Crippen molar-refractivity contribution < 1.29 is 14.3 Å². The molecule has 4 heteroatoms. The minimum atomic E-state index is -0.363. The van der Waals surface area contributed by atoms with Crippen LogP contribution < -0.4 is 0 Å². The molecular formula is C18H25NO3. The van der Waals surface area contributed by atoms with Crippen molar-refractivity contribution >= 4 is 11.9 Å². The fourth-order valence-corrected chi connectivity index (χ4v) is 3.03. The molecule has 0 aliphatic heterocycles. The molecule has 0 radical (unpaired) electrons. The van der Waals surface area contributed by atoms with Gasteiger partial charge in [0.15, 0.2) is 0 Å². The molecule has 1 aromatic carbocycles. The smallest absolute Gasteiger partial charge is 0.325 e. The van der Waals surface area contributed by atoms with Crippen molar-refractivity contribution in [2.24, 2.45) is 5.92 Å². The molecule has 0 atom stereocenters. The van der Waals surface area contributed by atoms with Crippen molar-refractivity contribution in [3.63, 3.8) is 0 Å². The third-order valence-corrected chi connectivity index (χ3v) is 4.44. The maximum atomic E-state index is 12.8. The van der Waals surface area contributed by atoms with Gasteiger partial charge in [0.25, 0.3) is 0 Å². The monoisotopic (exact) mass is 303 g/mol. The van der Waals surface area contributed by atoms with Gasteiger partial charge in [-0.3, -0.25) is 9.59 Å². The second-order valence-electron chi connectivity index (χ2n) is 6.03. The fraction of sp³-hybridized carbons (Fsp3) is 0.556. The third-order valence-electron chi connectivity index (χ3n) is 4.44. The van der Waals surface area contributed by atoms with Crippen molar-refractivity contribution in [2.75, 3.05) is 13.7 Å². The summed E-state index contributed by atoms with van der Waals surface area (Å²) in [5.74, 6) is -0.214. The lowest BCUT2D eigenvalue weighted by Crippen LogP contribution is -2.40. The molecule has 1 fully saturated rings. The van der Waals surface area contributed by atoms with Crippen LogP contribution in [0.2, 0.25) is 0 Å². The van der Waals surface area contributed by atoms with E-state index in [9.17, 15) is 9.59 Å². The van der Waals surface area contributed by atoms with Gasteiger partial charge in [0, 0.05) is 12.5 Å². The van der Waals surface area contributed by atoms with E-state index in [1.165, 1.54) is 13.5 Å². The zero-order valence-electron chi connectivity index (χ0n) is 13.5. The second kappa shape index (κ2) is 7.97. The van der Waals surface area contributed by atoms with Crippen LogP contribution in [0.3, 0.4) is 0 Å². The summed E-state index contributed by atoms with van der Waals surface area (Å²) in [6, 6.07) is 7.97. The Morgan fingerprint density at radius 1 is 1.18 bits per heavy atom. The summed E-state index contributed by atoms with van der Waals surface area (Å²) < 4.78 is 4.75. The van der Waals surface area contributed by atoms with Gasteiger partial charge in [0.1, 0.15) is 6.54 Å². The molecule has 1 aliphatic rings. The van der Waals surface area contributed by atoms with E-state index in [-0.39, 0.29) is 24.3 Å². The average molecular weight is 303 g/mol. The number of hydrogen-bond donors (Lipinski definition) is 0. The highest BCUT2D eigenvalue weighted by Crippen LogP contribution is 2.26. The van der Waals surface area contributed by atoms with Crippen LogP contribution in [0.4, 0.5) is 0 Å². The number of methoxy groups -OCH3 is 1. The molecule has 0 saturated heterocycles. The summed E-state index contributed by atoms with van der Waals surface area (Å²) in [5, 5.41) is 0. The minimum absolute atomic E-state index is 0.0279. The zero-order chi connectivity index (χ0) is 15.9. The van der Waals surface area contributed by atoms with Crippen LogP contribution in [-0.4, -0.2) is 30.4 Å². The van der Waals surface area contributed by atoms with Gasteiger partial charge in [-0.15, -0.1) is 0 Å². The fourth-order valence-electron chi connectivity index (χ4n) is 3.03. The average Bonchev–Trinajstić information content (AvgIpc) is 2.56. The largest absolute Gasteiger partial charge is 0.468 e. The lowest BCUT2D eigenvalue weighted by atomic mass is 9.88. The molecule has 0 N–H and O–H groups in total. The van der Waals surface area contributed by atoms with E-state index in [1.54, 1.807) is 4.90 Å². The molecule has 1 amide bonds. The number of aryl methyl sites for hydroxylation is 1. The maximum Gasteiger partial charge on any atom is 0.325 e. The lowest BCUT2D eigenvalue weighted by Gasteiger charge is -2.29. The SMILES string of the molecule is COC(=O)CN(Cc1ccccc1C)C(=O)C1CCCCC1. The third kappa shape index (κ3) is 4.33. The molecule has 22 heavy (non-hydrogen) atoms. The molecule has 120 valence electrons. The van der Waals surface area contributed by atoms with Gasteiger partial charge in [-0.05, 0) is 30.9 Å². The number of carbonyl (C=O) groups excluding carboxylic acids is 2. The molecule has 0 bridgehead atoms. The van der Waals surface area contributed by atoms with Gasteiger partial charge in [0.05, 0.1) is 7.11 Å². The highest BCUT2D eigenvalue weighted by Gasteiger charge is 2.27. The molecule has 0 heterocycles. The number of ether oxygens (including phenoxy) is 1. The number of hydrogen-bond acceptors (Lipinski definition) is 3. The van der Waals surface area contributed by atoms with Crippen LogP contribution >= 0.6 is 0 Å². The van der Waals surface area contributed by atoms with Crippen LogP contribution in [0, 0.1) is 12.8 Å². The van der Waals surface area contributed by atoms with E-state index in [4.69, 9.17) is 4.74 Å². The first-order chi connectivity index (χ1) is 10.6. The molecule has 0 aromatic heterocycles. The lowest BCUT2D eigenvalue weighted by molar-refractivity contribution is -0.149. The van der Waals surface area contributed by atoms with Crippen LogP contribution in [0.15, 0.2) is 24.3 Å². The van der Waals surface area contributed by atoms with Crippen molar-refractivity contribution in [1.29, 1.82) is 0 Å². The van der Waals surface area contributed by atoms with Gasteiger partial charge in [-0.25, -0.2) is 0 Å². The number of rotatable bonds is 5. The Bertz CT molecular complexity index is 521. The first-order valence-corrected chi connectivity index (χ1v) is 8.02. The van der Waals surface area contributed by atoms with Gasteiger partial charge in [-0.2, -0.15) is 0 Å². The predicted molar refractivity (Wildman–Crippen MR) is 85.2 cm³/mol. The summed E-state index contributed by atoms with van der Waals surface area (Å²) in [6.45, 7) is 2.52. The molecule has 1 saturated carbocycles. The van der Waals surface area contributed by atoms with Crippen molar-refractivity contribution in [2.45, 2.75) is 45.6 Å².